The van der Waals surface area contributed by atoms with Crippen molar-refractivity contribution in [2.45, 2.75) is 65.3 Å². The summed E-state index contributed by atoms with van der Waals surface area (Å²) in [5.74, 6) is 1.49. The fourth-order valence-corrected chi connectivity index (χ4v) is 4.02. The van der Waals surface area contributed by atoms with Crippen LogP contribution in [-0.2, 0) is 19.4 Å². The number of aromatic amines is 1. The first-order valence-corrected chi connectivity index (χ1v) is 11.7. The highest BCUT2D eigenvalue weighted by molar-refractivity contribution is 6.28. The number of unbranched alkanes of at least 4 members (excludes halogenated alkanes) is 3. The van der Waals surface area contributed by atoms with Crippen LogP contribution in [0.5, 0.6) is 0 Å². The van der Waals surface area contributed by atoms with E-state index in [-0.39, 0.29) is 0 Å². The molecule has 0 saturated carbocycles. The van der Waals surface area contributed by atoms with E-state index in [9.17, 15) is 0 Å². The molecule has 0 amide bonds. The molecule has 0 fully saturated rings. The van der Waals surface area contributed by atoms with Gasteiger partial charge in [-0.15, -0.1) is 5.10 Å². The van der Waals surface area contributed by atoms with Gasteiger partial charge in [-0.2, -0.15) is 5.10 Å². The molecule has 32 heavy (non-hydrogen) atoms. The van der Waals surface area contributed by atoms with E-state index in [0.29, 0.717) is 17.7 Å². The molecule has 0 spiro atoms. The van der Waals surface area contributed by atoms with Gasteiger partial charge in [0.1, 0.15) is 0 Å². The van der Waals surface area contributed by atoms with Crippen molar-refractivity contribution in [1.82, 2.24) is 40.0 Å². The van der Waals surface area contributed by atoms with E-state index in [1.165, 1.54) is 18.4 Å². The summed E-state index contributed by atoms with van der Waals surface area (Å²) in [6.45, 7) is 4.96. The Kier molecular flexibility index (Phi) is 7.32. The Hall–Kier alpha value is -3.00. The van der Waals surface area contributed by atoms with E-state index < -0.39 is 0 Å². The van der Waals surface area contributed by atoms with Crippen molar-refractivity contribution in [2.75, 3.05) is 0 Å². The monoisotopic (exact) mass is 452 g/mol. The maximum atomic E-state index is 6.30. The molecule has 9 heteroatoms. The standard InChI is InChI=1S/C23H29ClN8/c1-3-5-7-8-18-14-15-31(21(18)22-26-29-30-27-22)19-12-10-17(11-13-19)16-32-23(24)25-20(28-32)9-6-4-2/h10-15H,3-9,16H2,1-2H3,(H,26,27,29,30). The molecule has 3 heterocycles. The molecule has 0 radical (unpaired) electrons. The Morgan fingerprint density at radius 3 is 2.50 bits per heavy atom. The van der Waals surface area contributed by atoms with Crippen molar-refractivity contribution < 1.29 is 0 Å². The largest absolute Gasteiger partial charge is 0.314 e. The van der Waals surface area contributed by atoms with E-state index >= 15 is 0 Å². The molecule has 0 bridgehead atoms. The lowest BCUT2D eigenvalue weighted by molar-refractivity contribution is 0.661. The van der Waals surface area contributed by atoms with E-state index in [1.807, 2.05) is 0 Å². The zero-order valence-corrected chi connectivity index (χ0v) is 19.4. The van der Waals surface area contributed by atoms with Crippen LogP contribution in [0, 0.1) is 0 Å². The summed E-state index contributed by atoms with van der Waals surface area (Å²) in [6, 6.07) is 10.5. The van der Waals surface area contributed by atoms with E-state index in [1.54, 1.807) is 4.68 Å². The average molecular weight is 453 g/mol. The van der Waals surface area contributed by atoms with Gasteiger partial charge in [-0.3, -0.25) is 0 Å². The van der Waals surface area contributed by atoms with Crippen LogP contribution in [0.3, 0.4) is 0 Å². The third kappa shape index (κ3) is 5.07. The number of hydrogen-bond donors (Lipinski definition) is 1. The van der Waals surface area contributed by atoms with Gasteiger partial charge in [0.15, 0.2) is 11.6 Å². The lowest BCUT2D eigenvalue weighted by atomic mass is 10.1. The number of hydrogen-bond acceptors (Lipinski definition) is 5. The quantitative estimate of drug-likeness (QED) is 0.322. The number of nitrogens with one attached hydrogen (secondary N) is 1. The average Bonchev–Trinajstić information content (AvgIpc) is 3.54. The van der Waals surface area contributed by atoms with Gasteiger partial charge in [0.2, 0.25) is 5.28 Å². The van der Waals surface area contributed by atoms with Gasteiger partial charge >= 0.3 is 0 Å². The van der Waals surface area contributed by atoms with Crippen LogP contribution in [0.4, 0.5) is 0 Å². The molecule has 0 aliphatic carbocycles. The predicted octanol–water partition coefficient (Wildman–Crippen LogP) is 5.03. The first kappa shape index (κ1) is 22.2. The molecule has 1 N–H and O–H groups in total. The summed E-state index contributed by atoms with van der Waals surface area (Å²) in [5, 5.41) is 19.6. The fourth-order valence-electron chi connectivity index (χ4n) is 3.82. The molecule has 0 saturated heterocycles. The van der Waals surface area contributed by atoms with Gasteiger partial charge in [0.05, 0.1) is 12.2 Å². The fraction of sp³-hybridized carbons (Fsp3) is 0.435. The molecule has 1 aromatic carbocycles. The van der Waals surface area contributed by atoms with Crippen molar-refractivity contribution in [3.05, 3.63) is 58.8 Å². The number of aryl methyl sites for hydroxylation is 2. The maximum absolute atomic E-state index is 6.30. The second-order valence-electron chi connectivity index (χ2n) is 7.99. The SMILES string of the molecule is CCCCCc1ccn(-c2ccc(Cn3nc(CCCC)nc3Cl)cc2)c1-c1nnn[nH]1. The Bertz CT molecular complexity index is 1110. The van der Waals surface area contributed by atoms with Crippen molar-refractivity contribution in [3.8, 4) is 17.2 Å². The highest BCUT2D eigenvalue weighted by Crippen LogP contribution is 2.27. The van der Waals surface area contributed by atoms with Crippen molar-refractivity contribution >= 4 is 11.6 Å². The van der Waals surface area contributed by atoms with Gasteiger partial charge in [0.25, 0.3) is 0 Å². The molecule has 0 aliphatic heterocycles. The number of halogens is 1. The smallest absolute Gasteiger partial charge is 0.221 e. The molecule has 4 aromatic rings. The van der Waals surface area contributed by atoms with E-state index in [2.05, 4.69) is 85.7 Å². The number of benzene rings is 1. The first-order valence-electron chi connectivity index (χ1n) is 11.3. The molecule has 168 valence electrons. The highest BCUT2D eigenvalue weighted by Gasteiger charge is 2.16. The summed E-state index contributed by atoms with van der Waals surface area (Å²) in [5.41, 5.74) is 4.42. The molecule has 0 aliphatic rings. The Morgan fingerprint density at radius 1 is 0.969 bits per heavy atom. The second-order valence-corrected chi connectivity index (χ2v) is 8.33. The zero-order valence-electron chi connectivity index (χ0n) is 18.6. The van der Waals surface area contributed by atoms with Crippen molar-refractivity contribution in [2.24, 2.45) is 0 Å². The summed E-state index contributed by atoms with van der Waals surface area (Å²) in [6.07, 6.45) is 9.66. The Balaban J connectivity index is 1.55. The van der Waals surface area contributed by atoms with Gasteiger partial charge < -0.3 is 4.57 Å². The van der Waals surface area contributed by atoms with Gasteiger partial charge in [-0.1, -0.05) is 45.2 Å². The minimum absolute atomic E-state index is 0.433. The normalized spacial score (nSPS) is 11.3. The molecule has 4 rings (SSSR count). The van der Waals surface area contributed by atoms with Crippen molar-refractivity contribution in [3.63, 3.8) is 0 Å². The van der Waals surface area contributed by atoms with E-state index in [0.717, 1.165) is 54.9 Å². The lowest BCUT2D eigenvalue weighted by Gasteiger charge is -2.10. The van der Waals surface area contributed by atoms with E-state index in [4.69, 9.17) is 11.6 Å². The summed E-state index contributed by atoms with van der Waals surface area (Å²) in [4.78, 5) is 4.37. The topological polar surface area (TPSA) is 90.1 Å². The van der Waals surface area contributed by atoms with Gasteiger partial charge in [0, 0.05) is 18.3 Å². The predicted molar refractivity (Wildman–Crippen MR) is 125 cm³/mol. The molecule has 0 atom stereocenters. The maximum Gasteiger partial charge on any atom is 0.221 e. The summed E-state index contributed by atoms with van der Waals surface area (Å²) in [7, 11) is 0. The minimum Gasteiger partial charge on any atom is -0.314 e. The van der Waals surface area contributed by atoms with Gasteiger partial charge in [-0.05, 0) is 70.6 Å². The number of H-pyrrole nitrogens is 1. The number of rotatable bonds is 11. The third-order valence-electron chi connectivity index (χ3n) is 5.56. The number of aromatic nitrogens is 8. The van der Waals surface area contributed by atoms with Crippen LogP contribution in [0.1, 0.15) is 62.9 Å². The molecular formula is C23H29ClN8. The van der Waals surface area contributed by atoms with Crippen LogP contribution in [-0.4, -0.2) is 40.0 Å². The first-order chi connectivity index (χ1) is 15.7. The Morgan fingerprint density at radius 2 is 1.78 bits per heavy atom. The van der Waals surface area contributed by atoms with Gasteiger partial charge in [-0.25, -0.2) is 14.8 Å². The van der Waals surface area contributed by atoms with Crippen molar-refractivity contribution in [1.29, 1.82) is 0 Å². The van der Waals surface area contributed by atoms with Crippen LogP contribution in [0.15, 0.2) is 36.5 Å². The third-order valence-corrected chi connectivity index (χ3v) is 5.84. The zero-order chi connectivity index (χ0) is 22.3. The van der Waals surface area contributed by atoms with Crippen LogP contribution >= 0.6 is 11.6 Å². The summed E-state index contributed by atoms with van der Waals surface area (Å²) >= 11 is 6.30. The van der Waals surface area contributed by atoms with Crippen LogP contribution in [0.25, 0.3) is 17.2 Å². The number of tetrazole rings is 1. The molecule has 3 aromatic heterocycles. The highest BCUT2D eigenvalue weighted by atomic mass is 35.5. The molecule has 8 nitrogen and oxygen atoms in total. The minimum atomic E-state index is 0.433. The molecule has 0 unspecified atom stereocenters. The summed E-state index contributed by atoms with van der Waals surface area (Å²) < 4.78 is 3.90. The molecular weight excluding hydrogens is 424 g/mol. The number of nitrogens with zero attached hydrogens (tertiary/aromatic N) is 7. The van der Waals surface area contributed by atoms with Crippen LogP contribution in [0.2, 0.25) is 5.28 Å². The second kappa shape index (κ2) is 10.5. The Labute approximate surface area is 193 Å². The lowest BCUT2D eigenvalue weighted by Crippen LogP contribution is -2.04. The van der Waals surface area contributed by atoms with Crippen LogP contribution < -0.4 is 0 Å².